The number of carbonyl (C=O) groups excluding carboxylic acids is 2. The lowest BCUT2D eigenvalue weighted by Crippen LogP contribution is -2.62. The van der Waals surface area contributed by atoms with Crippen LogP contribution in [0.5, 0.6) is 5.75 Å². The number of rotatable bonds is 0. The standard InChI is InChI=1S/C19H20O6/c1-8-5-9-7-13(22)19(25)16(14(9)12(21)6-8)17(23)10-3-2-4-11(20)15(10)18(19)24/h2-4,8,13,16,18,20,22,24-25H,5-7H2,1H3/t8-,13+,16?,18-,19+/m0/s1. The lowest BCUT2D eigenvalue weighted by atomic mass is 9.57. The van der Waals surface area contributed by atoms with Crippen LogP contribution >= 0.6 is 0 Å². The lowest BCUT2D eigenvalue weighted by molar-refractivity contribution is -0.174. The number of Topliss-reactive ketones (excluding diaryl/α,β-unsaturated/α-hetero) is 2. The maximum absolute atomic E-state index is 13.1. The van der Waals surface area contributed by atoms with E-state index >= 15 is 0 Å². The number of phenols is 1. The van der Waals surface area contributed by atoms with Crippen molar-refractivity contribution in [1.82, 2.24) is 0 Å². The van der Waals surface area contributed by atoms with Crippen molar-refractivity contribution in [2.24, 2.45) is 11.8 Å². The molecule has 4 N–H and O–H groups in total. The maximum Gasteiger partial charge on any atom is 0.174 e. The molecule has 6 nitrogen and oxygen atoms in total. The fraction of sp³-hybridized carbons (Fsp3) is 0.474. The fourth-order valence-electron chi connectivity index (χ4n) is 4.73. The molecule has 1 aromatic carbocycles. The first-order valence-corrected chi connectivity index (χ1v) is 8.46. The third kappa shape index (κ3) is 2.02. The molecule has 0 aliphatic heterocycles. The number of carbonyl (C=O) groups is 2. The summed E-state index contributed by atoms with van der Waals surface area (Å²) in [6.07, 6.45) is -2.17. The highest BCUT2D eigenvalue weighted by Gasteiger charge is 2.62. The number of benzene rings is 1. The molecule has 1 aromatic rings. The zero-order chi connectivity index (χ0) is 18.1. The molecule has 0 saturated carbocycles. The van der Waals surface area contributed by atoms with E-state index in [9.17, 15) is 30.0 Å². The Kier molecular flexibility index (Phi) is 3.45. The molecule has 0 fully saturated rings. The third-order valence-corrected chi connectivity index (χ3v) is 5.86. The summed E-state index contributed by atoms with van der Waals surface area (Å²) in [5, 5.41) is 42.6. The number of ketones is 2. The van der Waals surface area contributed by atoms with E-state index in [-0.39, 0.29) is 47.0 Å². The van der Waals surface area contributed by atoms with Crippen LogP contribution in [-0.2, 0) is 4.79 Å². The Bertz CT molecular complexity index is 825. The predicted octanol–water partition coefficient (Wildman–Crippen LogP) is 1.03. The van der Waals surface area contributed by atoms with E-state index in [2.05, 4.69) is 0 Å². The molecule has 3 aliphatic rings. The minimum Gasteiger partial charge on any atom is -0.508 e. The van der Waals surface area contributed by atoms with Gasteiger partial charge in [0.05, 0.1) is 12.0 Å². The van der Waals surface area contributed by atoms with Crippen LogP contribution in [0.4, 0.5) is 0 Å². The Morgan fingerprint density at radius 2 is 1.84 bits per heavy atom. The average Bonchev–Trinajstić information content (AvgIpc) is 2.54. The second-order valence-electron chi connectivity index (χ2n) is 7.50. The highest BCUT2D eigenvalue weighted by molar-refractivity contribution is 6.11. The second-order valence-corrected chi connectivity index (χ2v) is 7.50. The third-order valence-electron chi connectivity index (χ3n) is 5.86. The number of fused-ring (bicyclic) bond motifs is 3. The minimum absolute atomic E-state index is 0.0334. The molecule has 6 heteroatoms. The molecule has 5 atom stereocenters. The summed E-state index contributed by atoms with van der Waals surface area (Å²) < 4.78 is 0. The van der Waals surface area contributed by atoms with Crippen LogP contribution in [0.1, 0.15) is 48.2 Å². The Balaban J connectivity index is 1.98. The Labute approximate surface area is 144 Å². The van der Waals surface area contributed by atoms with Gasteiger partial charge in [-0.15, -0.1) is 0 Å². The van der Waals surface area contributed by atoms with E-state index in [1.807, 2.05) is 6.92 Å². The first kappa shape index (κ1) is 16.4. The molecule has 0 spiro atoms. The molecule has 25 heavy (non-hydrogen) atoms. The summed E-state index contributed by atoms with van der Waals surface area (Å²) in [6, 6.07) is 4.24. The zero-order valence-electron chi connectivity index (χ0n) is 13.8. The van der Waals surface area contributed by atoms with Crippen LogP contribution in [0.15, 0.2) is 29.3 Å². The van der Waals surface area contributed by atoms with Gasteiger partial charge >= 0.3 is 0 Å². The SMILES string of the molecule is C[C@@H]1CC(=O)C2=C(C1)C[C@@H](O)[C@@]1(O)C2C(=O)c2cccc(O)c2[C@@H]1O. The molecule has 0 radical (unpaired) electrons. The van der Waals surface area contributed by atoms with Crippen molar-refractivity contribution in [3.63, 3.8) is 0 Å². The topological polar surface area (TPSA) is 115 Å². The van der Waals surface area contributed by atoms with Crippen molar-refractivity contribution in [3.05, 3.63) is 40.5 Å². The van der Waals surface area contributed by atoms with Crippen LogP contribution in [-0.4, -0.2) is 43.7 Å². The van der Waals surface area contributed by atoms with E-state index < -0.39 is 29.5 Å². The summed E-state index contributed by atoms with van der Waals surface area (Å²) in [6.45, 7) is 1.93. The van der Waals surface area contributed by atoms with Gasteiger partial charge in [-0.2, -0.15) is 0 Å². The Morgan fingerprint density at radius 1 is 1.12 bits per heavy atom. The first-order chi connectivity index (χ1) is 11.8. The van der Waals surface area contributed by atoms with Crippen molar-refractivity contribution in [2.45, 2.75) is 44.0 Å². The van der Waals surface area contributed by atoms with Gasteiger partial charge in [0.1, 0.15) is 17.5 Å². The minimum atomic E-state index is -2.22. The summed E-state index contributed by atoms with van der Waals surface area (Å²) >= 11 is 0. The predicted molar refractivity (Wildman–Crippen MR) is 86.9 cm³/mol. The van der Waals surface area contributed by atoms with Gasteiger partial charge in [0.25, 0.3) is 0 Å². The number of phenolic OH excluding ortho intramolecular Hbond substituents is 1. The molecular weight excluding hydrogens is 324 g/mol. The zero-order valence-corrected chi connectivity index (χ0v) is 13.8. The van der Waals surface area contributed by atoms with Crippen molar-refractivity contribution < 1.29 is 30.0 Å². The second kappa shape index (κ2) is 5.24. The van der Waals surface area contributed by atoms with Gasteiger partial charge in [-0.05, 0) is 24.8 Å². The summed E-state index contributed by atoms with van der Waals surface area (Å²) in [4.78, 5) is 25.7. The largest absolute Gasteiger partial charge is 0.508 e. The Morgan fingerprint density at radius 3 is 2.56 bits per heavy atom. The van der Waals surface area contributed by atoms with Crippen LogP contribution in [0, 0.1) is 11.8 Å². The van der Waals surface area contributed by atoms with Crippen molar-refractivity contribution >= 4 is 11.6 Å². The van der Waals surface area contributed by atoms with Gasteiger partial charge in [-0.3, -0.25) is 9.59 Å². The van der Waals surface area contributed by atoms with Gasteiger partial charge < -0.3 is 20.4 Å². The molecule has 0 bridgehead atoms. The van der Waals surface area contributed by atoms with Gasteiger partial charge in [0, 0.05) is 23.1 Å². The van der Waals surface area contributed by atoms with Gasteiger partial charge in [0.2, 0.25) is 0 Å². The van der Waals surface area contributed by atoms with E-state index in [0.717, 1.165) is 0 Å². The molecule has 4 rings (SSSR count). The van der Waals surface area contributed by atoms with Crippen LogP contribution in [0.3, 0.4) is 0 Å². The van der Waals surface area contributed by atoms with Gasteiger partial charge in [-0.25, -0.2) is 0 Å². The van der Waals surface area contributed by atoms with Crippen LogP contribution in [0.2, 0.25) is 0 Å². The molecule has 0 aromatic heterocycles. The molecule has 0 amide bonds. The number of aliphatic hydroxyl groups is 3. The van der Waals surface area contributed by atoms with E-state index in [1.165, 1.54) is 18.2 Å². The maximum atomic E-state index is 13.1. The quantitative estimate of drug-likeness (QED) is 0.559. The van der Waals surface area contributed by atoms with Gasteiger partial charge in [0.15, 0.2) is 11.6 Å². The van der Waals surface area contributed by atoms with Gasteiger partial charge in [-0.1, -0.05) is 24.6 Å². The van der Waals surface area contributed by atoms with E-state index in [0.29, 0.717) is 12.0 Å². The van der Waals surface area contributed by atoms with Crippen molar-refractivity contribution in [2.75, 3.05) is 0 Å². The van der Waals surface area contributed by atoms with Crippen molar-refractivity contribution in [1.29, 1.82) is 0 Å². The summed E-state index contributed by atoms with van der Waals surface area (Å²) in [7, 11) is 0. The molecule has 0 heterocycles. The van der Waals surface area contributed by atoms with Crippen LogP contribution in [0.25, 0.3) is 0 Å². The molecular formula is C19H20O6. The average molecular weight is 344 g/mol. The first-order valence-electron chi connectivity index (χ1n) is 8.46. The fourth-order valence-corrected chi connectivity index (χ4v) is 4.73. The summed E-state index contributed by atoms with van der Waals surface area (Å²) in [5.74, 6) is -2.28. The number of aliphatic hydroxyl groups excluding tert-OH is 2. The molecule has 1 unspecified atom stereocenters. The van der Waals surface area contributed by atoms with Crippen molar-refractivity contribution in [3.8, 4) is 5.75 Å². The van der Waals surface area contributed by atoms with E-state index in [1.54, 1.807) is 0 Å². The number of hydrogen-bond acceptors (Lipinski definition) is 6. The van der Waals surface area contributed by atoms with Crippen LogP contribution < -0.4 is 0 Å². The normalized spacial score (nSPS) is 37.4. The molecule has 3 aliphatic carbocycles. The Hall–Kier alpha value is -2.02. The van der Waals surface area contributed by atoms with E-state index in [4.69, 9.17) is 0 Å². The summed E-state index contributed by atoms with van der Waals surface area (Å²) in [5.41, 5.74) is -1.31. The molecule has 0 saturated heterocycles. The number of aromatic hydroxyl groups is 1. The highest BCUT2D eigenvalue weighted by atomic mass is 16.4. The molecule has 132 valence electrons. The monoisotopic (exact) mass is 344 g/mol. The lowest BCUT2D eigenvalue weighted by Gasteiger charge is -2.51. The highest BCUT2D eigenvalue weighted by Crippen LogP contribution is 2.54. The number of hydrogen-bond donors (Lipinski definition) is 4. The smallest absolute Gasteiger partial charge is 0.174 e.